The molecule has 3 fully saturated rings. The van der Waals surface area contributed by atoms with Gasteiger partial charge in [-0.1, -0.05) is 103 Å². The minimum atomic E-state index is -4.47. The molecule has 8 aromatic rings. The van der Waals surface area contributed by atoms with Gasteiger partial charge in [0.15, 0.2) is 0 Å². The van der Waals surface area contributed by atoms with E-state index in [0.717, 1.165) is 121 Å². The maximum absolute atomic E-state index is 12.7. The SMILES string of the molecule is O=C(Nc1ccc(C2CNCCO2)cc1)c1cnc(-c2ccccc2)s1.O=C(Nc1ccc(C2CNCCO2)cc1)c1csc(-c2ccccc2)n1.O=C(Nc1ccc([C@@H]2CCCNC2)cc1)c1cccc(C(F)(F)F)c1. The summed E-state index contributed by atoms with van der Waals surface area (Å²) in [7, 11) is 0. The molecule has 3 amide bonds. The number of amides is 3. The van der Waals surface area contributed by atoms with Gasteiger partial charge in [0.25, 0.3) is 17.7 Å². The van der Waals surface area contributed by atoms with Crippen LogP contribution in [0.15, 0.2) is 169 Å². The number of benzene rings is 6. The molecule has 0 saturated carbocycles. The number of carbonyl (C=O) groups is 3. The molecular weight excluding hydrogens is 1020 g/mol. The van der Waals surface area contributed by atoms with E-state index in [0.29, 0.717) is 22.2 Å². The molecule has 0 bridgehead atoms. The van der Waals surface area contributed by atoms with E-state index in [2.05, 4.69) is 41.9 Å². The van der Waals surface area contributed by atoms with E-state index in [1.54, 1.807) is 23.7 Å². The summed E-state index contributed by atoms with van der Waals surface area (Å²) in [6.45, 7) is 6.84. The van der Waals surface area contributed by atoms with Crippen LogP contribution in [-0.2, 0) is 15.7 Å². The molecule has 3 aliphatic heterocycles. The third kappa shape index (κ3) is 15.4. The van der Waals surface area contributed by atoms with Gasteiger partial charge < -0.3 is 41.4 Å². The van der Waals surface area contributed by atoms with E-state index in [9.17, 15) is 27.6 Å². The van der Waals surface area contributed by atoms with E-state index in [1.165, 1.54) is 40.4 Å². The molecule has 77 heavy (non-hydrogen) atoms. The molecule has 2 unspecified atom stereocenters. The standard InChI is InChI=1S/2C20H19N3O2S.C19H19F3N2O/c24-19(17-13-26-20(23-17)15-4-2-1-3-5-15)22-16-8-6-14(7-9-16)18-12-21-10-11-25-18;24-19(18-13-22-20(26-18)15-4-2-1-3-5-15)23-16-8-6-14(7-9-16)17-12-21-10-11-25-17;20-19(21,22)16-5-1-3-14(11-16)18(25)24-17-8-6-13(7-9-17)15-4-2-10-23-12-15/h1-9,13,18,21H,10-12H2,(H,22,24);1-9,13,17,21H,10-12H2,(H,23,24);1,3,5-9,11,15,23H,2,4,10,12H2,(H,24,25)/t;;15-/m..1/s1. The summed E-state index contributed by atoms with van der Waals surface area (Å²) < 4.78 is 49.7. The molecule has 0 radical (unpaired) electrons. The molecule has 0 spiro atoms. The predicted octanol–water partition coefficient (Wildman–Crippen LogP) is 11.9. The highest BCUT2D eigenvalue weighted by molar-refractivity contribution is 7.17. The number of anilines is 3. The molecule has 2 aromatic heterocycles. The smallest absolute Gasteiger partial charge is 0.371 e. The van der Waals surface area contributed by atoms with Crippen molar-refractivity contribution in [3.05, 3.63) is 208 Å². The van der Waals surface area contributed by atoms with Crippen molar-refractivity contribution >= 4 is 57.5 Å². The van der Waals surface area contributed by atoms with Gasteiger partial charge in [-0.2, -0.15) is 13.2 Å². The molecule has 3 saturated heterocycles. The highest BCUT2D eigenvalue weighted by atomic mass is 32.1. The van der Waals surface area contributed by atoms with Crippen LogP contribution >= 0.6 is 22.7 Å². The van der Waals surface area contributed by atoms with Gasteiger partial charge in [-0.15, -0.1) is 22.7 Å². The van der Waals surface area contributed by atoms with E-state index in [4.69, 9.17) is 9.47 Å². The Morgan fingerprint density at radius 2 is 1.10 bits per heavy atom. The first-order valence-electron chi connectivity index (χ1n) is 25.3. The number of rotatable bonds is 11. The van der Waals surface area contributed by atoms with Gasteiger partial charge in [-0.05, 0) is 96.6 Å². The number of alkyl halides is 3. The fourth-order valence-corrected chi connectivity index (χ4v) is 10.3. The van der Waals surface area contributed by atoms with Crippen LogP contribution in [0.2, 0.25) is 0 Å². The molecule has 6 aromatic carbocycles. The zero-order chi connectivity index (χ0) is 53.4. The number of hydrogen-bond acceptors (Lipinski definition) is 12. The number of aromatic nitrogens is 2. The van der Waals surface area contributed by atoms with Crippen molar-refractivity contribution in [1.82, 2.24) is 25.9 Å². The highest BCUT2D eigenvalue weighted by Crippen LogP contribution is 2.31. The molecule has 0 aliphatic carbocycles. The van der Waals surface area contributed by atoms with Crippen molar-refractivity contribution in [3.63, 3.8) is 0 Å². The number of thiazole rings is 2. The lowest BCUT2D eigenvalue weighted by molar-refractivity contribution is -0.137. The van der Waals surface area contributed by atoms with Gasteiger partial charge in [0.05, 0.1) is 37.2 Å². The highest BCUT2D eigenvalue weighted by Gasteiger charge is 2.31. The van der Waals surface area contributed by atoms with Crippen molar-refractivity contribution in [2.24, 2.45) is 0 Å². The van der Waals surface area contributed by atoms with Crippen molar-refractivity contribution in [2.45, 2.75) is 37.1 Å². The number of hydrogen-bond donors (Lipinski definition) is 6. The van der Waals surface area contributed by atoms with Crippen LogP contribution in [0, 0.1) is 0 Å². The molecule has 3 atom stereocenters. The van der Waals surface area contributed by atoms with Gasteiger partial charge >= 0.3 is 6.18 Å². The summed E-state index contributed by atoms with van der Waals surface area (Å²) >= 11 is 2.86. The second kappa shape index (κ2) is 26.6. The summed E-state index contributed by atoms with van der Waals surface area (Å²) in [6.07, 6.45) is -0.435. The Labute approximate surface area is 452 Å². The molecular formula is C59H57F3N8O5S2. The second-order valence-corrected chi connectivity index (χ2v) is 20.2. The second-order valence-electron chi connectivity index (χ2n) is 18.3. The van der Waals surface area contributed by atoms with Crippen LogP contribution in [0.25, 0.3) is 21.1 Å². The molecule has 396 valence electrons. The molecule has 13 nitrogen and oxygen atoms in total. The third-order valence-corrected chi connectivity index (χ3v) is 14.8. The summed E-state index contributed by atoms with van der Waals surface area (Å²) in [4.78, 5) is 46.5. The van der Waals surface area contributed by atoms with Gasteiger partial charge in [0.1, 0.15) is 20.6 Å². The van der Waals surface area contributed by atoms with Crippen molar-refractivity contribution in [3.8, 4) is 21.1 Å². The number of morpholine rings is 2. The van der Waals surface area contributed by atoms with Gasteiger partial charge in [0.2, 0.25) is 0 Å². The van der Waals surface area contributed by atoms with Crippen molar-refractivity contribution < 1.29 is 37.0 Å². The van der Waals surface area contributed by atoms with Crippen LogP contribution < -0.4 is 31.9 Å². The first-order chi connectivity index (χ1) is 37.5. The molecule has 5 heterocycles. The number of halogens is 3. The molecule has 11 rings (SSSR count). The number of carbonyl (C=O) groups excluding carboxylic acids is 3. The Morgan fingerprint density at radius 1 is 0.571 bits per heavy atom. The average Bonchev–Trinajstić information content (AvgIpc) is 4.21. The lowest BCUT2D eigenvalue weighted by Gasteiger charge is -2.24. The van der Waals surface area contributed by atoms with Crippen LogP contribution in [0.4, 0.5) is 30.2 Å². The Balaban J connectivity index is 0.000000141. The first kappa shape index (κ1) is 54.4. The summed E-state index contributed by atoms with van der Waals surface area (Å²) in [6, 6.07) is 47.2. The van der Waals surface area contributed by atoms with E-state index < -0.39 is 17.6 Å². The van der Waals surface area contributed by atoms with Crippen LogP contribution in [0.5, 0.6) is 0 Å². The predicted molar refractivity (Wildman–Crippen MR) is 298 cm³/mol. The lowest BCUT2D eigenvalue weighted by atomic mass is 9.91. The monoisotopic (exact) mass is 1080 g/mol. The van der Waals surface area contributed by atoms with Gasteiger partial charge in [-0.25, -0.2) is 9.97 Å². The normalized spacial score (nSPS) is 17.3. The Kier molecular flexibility index (Phi) is 18.8. The van der Waals surface area contributed by atoms with E-state index in [-0.39, 0.29) is 29.6 Å². The maximum Gasteiger partial charge on any atom is 0.416 e. The topological polar surface area (TPSA) is 168 Å². The summed E-state index contributed by atoms with van der Waals surface area (Å²) in [5.41, 5.74) is 7.10. The van der Waals surface area contributed by atoms with Gasteiger partial charge in [0, 0.05) is 71.9 Å². The van der Waals surface area contributed by atoms with Crippen molar-refractivity contribution in [2.75, 3.05) is 68.4 Å². The average molecular weight is 1080 g/mol. The number of nitrogens with one attached hydrogen (secondary N) is 6. The first-order valence-corrected chi connectivity index (χ1v) is 27.0. The Morgan fingerprint density at radius 3 is 1.64 bits per heavy atom. The van der Waals surface area contributed by atoms with E-state index >= 15 is 0 Å². The third-order valence-electron chi connectivity index (χ3n) is 12.8. The number of nitrogens with zero attached hydrogens (tertiary/aromatic N) is 2. The van der Waals surface area contributed by atoms with Crippen LogP contribution in [0.3, 0.4) is 0 Å². The van der Waals surface area contributed by atoms with E-state index in [1.807, 2.05) is 121 Å². The Bertz CT molecular complexity index is 3010. The van der Waals surface area contributed by atoms with Gasteiger partial charge in [-0.3, -0.25) is 14.4 Å². The summed E-state index contributed by atoms with van der Waals surface area (Å²) in [5, 5.41) is 21.9. The van der Waals surface area contributed by atoms with Crippen molar-refractivity contribution in [1.29, 1.82) is 0 Å². The molecule has 6 N–H and O–H groups in total. The van der Waals surface area contributed by atoms with Crippen LogP contribution in [-0.4, -0.2) is 80.2 Å². The number of ether oxygens (including phenoxy) is 2. The van der Waals surface area contributed by atoms with Crippen LogP contribution in [0.1, 0.15) is 83.7 Å². The Hall–Kier alpha value is -7.42. The fraction of sp³-hybridized carbons (Fsp3) is 0.237. The molecule has 18 heteroatoms. The lowest BCUT2D eigenvalue weighted by Crippen LogP contribution is -2.33. The number of piperidine rings is 1. The molecule has 3 aliphatic rings. The minimum Gasteiger partial charge on any atom is -0.371 e. The fourth-order valence-electron chi connectivity index (χ4n) is 8.71. The quantitative estimate of drug-likeness (QED) is 0.0734. The summed E-state index contributed by atoms with van der Waals surface area (Å²) in [5.74, 6) is -0.445. The maximum atomic E-state index is 12.7. The zero-order valence-corrected chi connectivity index (χ0v) is 43.5. The minimum absolute atomic E-state index is 0.0182. The largest absolute Gasteiger partial charge is 0.416 e. The zero-order valence-electron chi connectivity index (χ0n) is 41.9.